The van der Waals surface area contributed by atoms with Crippen LogP contribution < -0.4 is 14.2 Å². The topological polar surface area (TPSA) is 311 Å². The first kappa shape index (κ1) is 106. The number of hydrogen-bond acceptors (Lipinski definition) is 20. The van der Waals surface area contributed by atoms with E-state index in [1.165, 1.54) is 11.9 Å². The van der Waals surface area contributed by atoms with Gasteiger partial charge in [0.1, 0.15) is 18.0 Å². The molecule has 0 spiro atoms. The van der Waals surface area contributed by atoms with Gasteiger partial charge in [0.2, 0.25) is 51.8 Å². The highest BCUT2D eigenvalue weighted by Gasteiger charge is 2.60. The van der Waals surface area contributed by atoms with E-state index in [0.29, 0.717) is 24.2 Å². The minimum atomic E-state index is -0.591. The van der Waals surface area contributed by atoms with Gasteiger partial charge in [-0.05, 0) is 180 Å². The normalized spacial score (nSPS) is 27.9. The summed E-state index contributed by atoms with van der Waals surface area (Å²) in [5.41, 5.74) is 13.6. The van der Waals surface area contributed by atoms with Crippen molar-refractivity contribution in [2.75, 3.05) is 20.8 Å². The molecule has 149 heavy (non-hydrogen) atoms. The Morgan fingerprint density at radius 3 is 1.23 bits per heavy atom. The maximum atomic E-state index is 12.9. The molecule has 10 aromatic rings. The molecule has 0 bridgehead atoms. The molecule has 0 radical (unpaired) electrons. The molecule has 0 unspecified atom stereocenters. The summed E-state index contributed by atoms with van der Waals surface area (Å²) in [4.78, 5) is 139. The molecular weight excluding hydrogens is 2000 g/mol. The molecule has 0 amide bonds. The van der Waals surface area contributed by atoms with Crippen LogP contribution in [0.4, 0.5) is 0 Å². The summed E-state index contributed by atoms with van der Waals surface area (Å²) >= 11 is 7.05. The van der Waals surface area contributed by atoms with Crippen molar-refractivity contribution in [2.45, 2.75) is 273 Å². The van der Waals surface area contributed by atoms with E-state index in [4.69, 9.17) is 83.7 Å². The number of aryl methyl sites for hydroxylation is 3. The van der Waals surface area contributed by atoms with Crippen LogP contribution in [0.2, 0.25) is 0 Å². The molecule has 0 fully saturated rings. The van der Waals surface area contributed by atoms with Gasteiger partial charge in [-0.3, -0.25) is 0 Å². The molecule has 12 aliphatic rings. The monoisotopic (exact) mass is 2120 g/mol. The van der Waals surface area contributed by atoms with Gasteiger partial charge in [0.25, 0.3) is 0 Å². The highest BCUT2D eigenvalue weighted by Crippen LogP contribution is 2.61. The third-order valence-corrected chi connectivity index (χ3v) is 35.9. The first-order valence-electron chi connectivity index (χ1n) is 51.1. The molecule has 9 heterocycles. The Labute approximate surface area is 888 Å². The van der Waals surface area contributed by atoms with Crippen LogP contribution in [-0.4, -0.2) is 124 Å². The maximum Gasteiger partial charge on any atom is 0.226 e. The Kier molecular flexibility index (Phi) is 27.6. The summed E-state index contributed by atoms with van der Waals surface area (Å²) < 4.78 is 24.4. The zero-order valence-electron chi connectivity index (χ0n) is 89.2. The van der Waals surface area contributed by atoms with Gasteiger partial charge < -0.3 is 47.4 Å². The Balaban J connectivity index is 0.000000122. The van der Waals surface area contributed by atoms with Crippen LogP contribution in [0.15, 0.2) is 159 Å². The predicted octanol–water partition coefficient (Wildman–Crippen LogP) is 22.6. The van der Waals surface area contributed by atoms with Crippen LogP contribution in [0, 0.1) is 109 Å². The lowest BCUT2D eigenvalue weighted by atomic mass is 9.53. The Hall–Kier alpha value is -13.9. The minimum Gasteiger partial charge on any atom is -0.481 e. The minimum absolute atomic E-state index is 0.0339. The average molecular weight is 2130 g/mol. The molecule has 766 valence electrons. The first-order chi connectivity index (χ1) is 70.2. The molecule has 12 aliphatic carbocycles. The van der Waals surface area contributed by atoms with E-state index in [9.17, 15) is 28.8 Å². The molecule has 29 nitrogen and oxygen atoms in total. The number of benzene rings is 1. The lowest BCUT2D eigenvalue weighted by Crippen LogP contribution is -2.51. The van der Waals surface area contributed by atoms with Crippen molar-refractivity contribution in [3.8, 4) is 28.8 Å². The molecule has 0 N–H and O–H groups in total. The zero-order valence-corrected chi connectivity index (χ0v) is 92.4. The van der Waals surface area contributed by atoms with Crippen molar-refractivity contribution in [3.63, 3.8) is 0 Å². The van der Waals surface area contributed by atoms with E-state index < -0.39 is 48.7 Å². The number of aromatic nitrogens is 14. The summed E-state index contributed by atoms with van der Waals surface area (Å²) in [6.07, 6.45) is 34.6. The molecule has 15 atom stereocenters. The second-order valence-electron chi connectivity index (χ2n) is 46.7. The van der Waals surface area contributed by atoms with E-state index in [2.05, 4.69) is 187 Å². The average Bonchev–Trinajstić information content (AvgIpc) is 1.69. The van der Waals surface area contributed by atoms with Gasteiger partial charge in [0, 0.05) is 124 Å². The third kappa shape index (κ3) is 17.3. The van der Waals surface area contributed by atoms with Crippen LogP contribution in [0.1, 0.15) is 270 Å². The number of nitrogens with zero attached hydrogens (tertiary/aromatic N) is 20. The van der Waals surface area contributed by atoms with Crippen molar-refractivity contribution in [3.05, 3.63) is 307 Å². The molecule has 0 saturated heterocycles. The highest BCUT2D eigenvalue weighted by atomic mass is 79.9. The number of allylic oxidation sites excluding steroid dienone is 12. The van der Waals surface area contributed by atoms with E-state index in [0.717, 1.165) is 188 Å². The smallest absolute Gasteiger partial charge is 0.226 e. The van der Waals surface area contributed by atoms with Gasteiger partial charge in [-0.2, -0.15) is 20.2 Å². The number of ketones is 6. The number of fused-ring (bicyclic) bond motifs is 23. The summed E-state index contributed by atoms with van der Waals surface area (Å²) in [5, 5.41) is 9.23. The fourth-order valence-electron chi connectivity index (χ4n) is 27.2. The Bertz CT molecular complexity index is 7820. The first-order valence-corrected chi connectivity index (χ1v) is 52.7. The number of carbonyl (C=O) groups excluding carboxylic acids is 6. The molecular formula is C118H126Br2N20O9. The van der Waals surface area contributed by atoms with Crippen LogP contribution in [0.3, 0.4) is 0 Å². The van der Waals surface area contributed by atoms with Crippen molar-refractivity contribution in [1.82, 2.24) is 68.5 Å². The number of ether oxygens (including phenoxy) is 3. The maximum absolute atomic E-state index is 12.9. The fourth-order valence-corrected chi connectivity index (χ4v) is 28.0. The van der Waals surface area contributed by atoms with Crippen LogP contribution in [-0.2, 0) is 111 Å². The van der Waals surface area contributed by atoms with E-state index in [-0.39, 0.29) is 133 Å². The van der Waals surface area contributed by atoms with Crippen LogP contribution in [0.25, 0.3) is 57.1 Å². The van der Waals surface area contributed by atoms with Gasteiger partial charge >= 0.3 is 0 Å². The van der Waals surface area contributed by atoms with Crippen LogP contribution in [0.5, 0.6) is 17.6 Å². The largest absolute Gasteiger partial charge is 0.481 e. The summed E-state index contributed by atoms with van der Waals surface area (Å²) in [7, 11) is 3.24. The molecule has 0 saturated carbocycles. The third-order valence-electron chi connectivity index (χ3n) is 34.7. The molecule has 31 heteroatoms. The number of carbonyl (C=O) groups is 6. The molecule has 0 aliphatic heterocycles. The van der Waals surface area contributed by atoms with Crippen molar-refractivity contribution >= 4 is 83.5 Å². The lowest BCUT2D eigenvalue weighted by molar-refractivity contribution is -0.129. The second kappa shape index (κ2) is 38.6. The van der Waals surface area contributed by atoms with Crippen LogP contribution >= 0.6 is 31.9 Å². The van der Waals surface area contributed by atoms with E-state index in [1.807, 2.05) is 162 Å². The predicted molar refractivity (Wildman–Crippen MR) is 572 cm³/mol. The lowest BCUT2D eigenvalue weighted by Gasteiger charge is -2.50. The van der Waals surface area contributed by atoms with Gasteiger partial charge in [-0.15, -0.1) is 0 Å². The second-order valence-corrected chi connectivity index (χ2v) is 48.4. The number of halogens is 2. The van der Waals surface area contributed by atoms with Gasteiger partial charge in [0.15, 0.2) is 51.6 Å². The zero-order chi connectivity index (χ0) is 108. The summed E-state index contributed by atoms with van der Waals surface area (Å²) in [6.45, 7) is 89.8. The Morgan fingerprint density at radius 1 is 0.403 bits per heavy atom. The van der Waals surface area contributed by atoms with E-state index >= 15 is 0 Å². The molecule has 22 rings (SSSR count). The summed E-state index contributed by atoms with van der Waals surface area (Å²) in [6, 6.07) is 12.1. The molecule has 9 aromatic heterocycles. The SMILES string of the molecule is [C-]#[N+]C1=C[C@]2(C)c3c(cnc4c(-c5ccccc5)cnn34)CC[C@H]2C(C)(C)C1=O.[C-]#[N+]C1=C[C@]2(C)c3c(cnc4c(Br)cnn34)CC[C@H]2C(C)(C)C1=O.[C-]#[N+]C1=C[C@]2(C)c3nc(C(C)(C)C)nc(OC)c3CC[C@H]2[C@H](C)C1=O.[C-]#[N+]C1=C[C@]2(C)c3nc(C(C)(C)C)nc(OCC)c3CC[C@H]2[C@H](C)C1=O.[C-]#[N+]C1=C[C@]2(C)c3nc4c(Br)ccn4cc3CC[C@H]2C(C)(C)C1=O.[C-]#[N+]C1=C[C@]2(C)c3ncnc(OC)c3CC[C@H]2[C@H](C)C1=O. The number of methoxy groups -OCH3 is 2. The van der Waals surface area contributed by atoms with E-state index in [1.54, 1.807) is 26.5 Å². The van der Waals surface area contributed by atoms with Crippen molar-refractivity contribution in [2.24, 2.45) is 69.5 Å². The summed E-state index contributed by atoms with van der Waals surface area (Å²) in [5.74, 6) is 3.43. The number of rotatable bonds is 5. The van der Waals surface area contributed by atoms with Crippen molar-refractivity contribution in [1.29, 1.82) is 0 Å². The fraction of sp³-hybridized carbons (Fsp3) is 0.483. The van der Waals surface area contributed by atoms with Gasteiger partial charge in [-0.1, -0.05) is 212 Å². The highest BCUT2D eigenvalue weighted by molar-refractivity contribution is 9.11. The Morgan fingerprint density at radius 2 is 0.792 bits per heavy atom. The van der Waals surface area contributed by atoms with Crippen molar-refractivity contribution < 1.29 is 43.0 Å². The number of hydrogen-bond donors (Lipinski definition) is 0. The van der Waals surface area contributed by atoms with Gasteiger partial charge in [-0.25, -0.2) is 73.0 Å². The standard InChI is InChI=1S/C24H22N4O.C21H27N3O2.C20H25N3O2.C19H18BrN3O.C18H17BrN4O.C16H17N3O2/c1-23(2)19-11-10-16-13-26-22-17(15-8-6-5-7-9-15)14-27-28(22)20(16)24(19,3)12-18(25-4)21(23)29;1-8-26-18-13-9-10-14-12(2)16(25)15(22-7)11-21(14,6)17(13)23-19(24-18)20(3,4)5;1-11-13-9-8-12-16(20(13,5)10-14(21-6)15(11)24)22-18(19(2,3)4)23-17(12)25-7;1-18(2)14-6-5-11-10-23-8-7-12(20)17(23)22-15(11)19(14,3)9-13(21-4)16(18)24;1-17(2)13-6-5-10-8-21-16-11(19)9-22-23(16)14(10)18(13,3)7-12(20-4)15(17)24;1-9-11-6-5-10-14(18-8-19-15(10)21-4)16(11,2)7-12(17-3)13(9)20/h5-9,12-14,19H,10-11H2,1-3H3;11-12,14H,8-10H2,1-6H3;10-11,13H,8-9H2,1-5,7H3;7-10,14H,5-6H2,1-3H3;7-9,13H,5-6H2,1-3H3;7-9,11H,5-6H2,1-2,4H3/t19-,24-;12-,14-,21-;11-,13-,20-;14-,19-;13-,18-;9-,11-,16-/m000000/s1. The quantitative estimate of drug-likeness (QED) is 0.145. The van der Waals surface area contributed by atoms with Gasteiger partial charge in [0.05, 0.1) is 116 Å². The molecule has 1 aromatic carbocycles. The number of Topliss-reactive ketones (excluding diaryl/α,β-unsaturated/α-hetero) is 6.